The van der Waals surface area contributed by atoms with Crippen molar-refractivity contribution in [3.05, 3.63) is 54.7 Å². The van der Waals surface area contributed by atoms with Crippen molar-refractivity contribution < 1.29 is 0 Å². The van der Waals surface area contributed by atoms with Gasteiger partial charge in [0.15, 0.2) is 0 Å². The van der Waals surface area contributed by atoms with E-state index in [2.05, 4.69) is 26.2 Å². The van der Waals surface area contributed by atoms with Gasteiger partial charge in [-0.25, -0.2) is 9.67 Å². The second-order valence-electron chi connectivity index (χ2n) is 4.90. The van der Waals surface area contributed by atoms with E-state index in [-0.39, 0.29) is 0 Å². The Morgan fingerprint density at radius 3 is 2.90 bits per heavy atom. The number of nitrogens with zero attached hydrogens (tertiary/aromatic N) is 4. The number of rotatable bonds is 2. The van der Waals surface area contributed by atoms with Gasteiger partial charge in [-0.1, -0.05) is 18.2 Å². The summed E-state index contributed by atoms with van der Waals surface area (Å²) in [6.07, 6.45) is 5.90. The number of aromatic nitrogens is 4. The van der Waals surface area contributed by atoms with Crippen molar-refractivity contribution in [2.24, 2.45) is 0 Å². The molecule has 0 aliphatic carbocycles. The maximum atomic E-state index is 4.48. The summed E-state index contributed by atoms with van der Waals surface area (Å²) in [7, 11) is 0. The summed E-state index contributed by atoms with van der Waals surface area (Å²) in [5, 5.41) is 7.78. The van der Waals surface area contributed by atoms with Gasteiger partial charge in [0.25, 0.3) is 0 Å². The zero-order chi connectivity index (χ0) is 13.4. The molecule has 3 aromatic rings. The van der Waals surface area contributed by atoms with Gasteiger partial charge in [0.1, 0.15) is 5.82 Å². The molecular formula is C15H15N5. The number of fused-ring (bicyclic) bond motifs is 1. The van der Waals surface area contributed by atoms with Gasteiger partial charge in [-0.3, -0.25) is 0 Å². The Morgan fingerprint density at radius 1 is 1.10 bits per heavy atom. The van der Waals surface area contributed by atoms with Crippen LogP contribution < -0.4 is 5.32 Å². The summed E-state index contributed by atoms with van der Waals surface area (Å²) in [6.45, 7) is 2.79. The van der Waals surface area contributed by atoms with E-state index >= 15 is 0 Å². The Morgan fingerprint density at radius 2 is 2.00 bits per heavy atom. The fourth-order valence-electron chi connectivity index (χ4n) is 2.60. The van der Waals surface area contributed by atoms with E-state index in [0.717, 1.165) is 42.4 Å². The third-order valence-corrected chi connectivity index (χ3v) is 3.63. The van der Waals surface area contributed by atoms with Gasteiger partial charge in [-0.2, -0.15) is 5.10 Å². The Hall–Kier alpha value is -2.40. The minimum absolute atomic E-state index is 0.840. The SMILES string of the molecule is c1ccc(-n2cc(-c3cnc4n3CCNC4)cn2)cc1. The minimum Gasteiger partial charge on any atom is -0.326 e. The first-order chi connectivity index (χ1) is 9.92. The molecule has 0 saturated carbocycles. The van der Waals surface area contributed by atoms with Gasteiger partial charge >= 0.3 is 0 Å². The first kappa shape index (κ1) is 11.4. The van der Waals surface area contributed by atoms with Crippen molar-refractivity contribution >= 4 is 0 Å². The molecule has 2 aromatic heterocycles. The van der Waals surface area contributed by atoms with Crippen molar-refractivity contribution in [1.29, 1.82) is 0 Å². The van der Waals surface area contributed by atoms with Crippen molar-refractivity contribution in [3.63, 3.8) is 0 Å². The molecule has 1 aromatic carbocycles. The molecule has 1 N–H and O–H groups in total. The summed E-state index contributed by atoms with van der Waals surface area (Å²) in [6, 6.07) is 10.1. The molecule has 0 unspecified atom stereocenters. The quantitative estimate of drug-likeness (QED) is 0.769. The molecular weight excluding hydrogens is 250 g/mol. The van der Waals surface area contributed by atoms with Crippen LogP contribution in [0.5, 0.6) is 0 Å². The molecule has 0 bridgehead atoms. The smallest absolute Gasteiger partial charge is 0.123 e. The summed E-state index contributed by atoms with van der Waals surface area (Å²) in [5.41, 5.74) is 3.32. The normalized spacial score (nSPS) is 14.2. The Balaban J connectivity index is 1.74. The molecule has 5 nitrogen and oxygen atoms in total. The lowest BCUT2D eigenvalue weighted by atomic mass is 10.2. The predicted molar refractivity (Wildman–Crippen MR) is 76.5 cm³/mol. The first-order valence-corrected chi connectivity index (χ1v) is 6.77. The zero-order valence-electron chi connectivity index (χ0n) is 11.0. The second-order valence-corrected chi connectivity index (χ2v) is 4.90. The number of para-hydroxylation sites is 1. The Kier molecular flexibility index (Phi) is 2.63. The van der Waals surface area contributed by atoms with Gasteiger partial charge in [-0.15, -0.1) is 0 Å². The zero-order valence-corrected chi connectivity index (χ0v) is 11.0. The van der Waals surface area contributed by atoms with Gasteiger partial charge in [0.05, 0.1) is 30.3 Å². The van der Waals surface area contributed by atoms with Crippen LogP contribution >= 0.6 is 0 Å². The van der Waals surface area contributed by atoms with Crippen LogP contribution in [0, 0.1) is 0 Å². The van der Waals surface area contributed by atoms with E-state index in [9.17, 15) is 0 Å². The molecule has 5 heteroatoms. The van der Waals surface area contributed by atoms with E-state index in [4.69, 9.17) is 0 Å². The van der Waals surface area contributed by atoms with E-state index in [0.29, 0.717) is 0 Å². The largest absolute Gasteiger partial charge is 0.326 e. The molecule has 0 spiro atoms. The van der Waals surface area contributed by atoms with Crippen LogP contribution in [-0.4, -0.2) is 25.9 Å². The Labute approximate surface area is 116 Å². The molecule has 4 rings (SSSR count). The monoisotopic (exact) mass is 265 g/mol. The summed E-state index contributed by atoms with van der Waals surface area (Å²) in [4.78, 5) is 4.48. The number of imidazole rings is 1. The van der Waals surface area contributed by atoms with Gasteiger partial charge in [-0.05, 0) is 12.1 Å². The van der Waals surface area contributed by atoms with Crippen LogP contribution in [0.1, 0.15) is 5.82 Å². The first-order valence-electron chi connectivity index (χ1n) is 6.77. The van der Waals surface area contributed by atoms with Crippen molar-refractivity contribution in [3.8, 4) is 16.9 Å². The molecule has 1 aliphatic rings. The van der Waals surface area contributed by atoms with E-state index in [1.165, 1.54) is 0 Å². The minimum atomic E-state index is 0.840. The van der Waals surface area contributed by atoms with Crippen LogP contribution in [0.2, 0.25) is 0 Å². The molecule has 0 radical (unpaired) electrons. The number of hydrogen-bond donors (Lipinski definition) is 1. The topological polar surface area (TPSA) is 47.7 Å². The van der Waals surface area contributed by atoms with E-state index in [1.807, 2.05) is 47.4 Å². The number of hydrogen-bond acceptors (Lipinski definition) is 3. The maximum Gasteiger partial charge on any atom is 0.123 e. The number of nitrogens with one attached hydrogen (secondary N) is 1. The van der Waals surface area contributed by atoms with Crippen LogP contribution in [-0.2, 0) is 13.1 Å². The highest BCUT2D eigenvalue weighted by Crippen LogP contribution is 2.22. The highest BCUT2D eigenvalue weighted by molar-refractivity contribution is 5.58. The summed E-state index contributed by atoms with van der Waals surface area (Å²) in [5.74, 6) is 1.10. The third kappa shape index (κ3) is 1.83. The lowest BCUT2D eigenvalue weighted by Gasteiger charge is -2.16. The highest BCUT2D eigenvalue weighted by atomic mass is 15.3. The molecule has 100 valence electrons. The van der Waals surface area contributed by atoms with Crippen molar-refractivity contribution in [1.82, 2.24) is 24.6 Å². The lowest BCUT2D eigenvalue weighted by Crippen LogP contribution is -2.28. The molecule has 3 heterocycles. The predicted octanol–water partition coefficient (Wildman–Crippen LogP) is 1.84. The fourth-order valence-corrected chi connectivity index (χ4v) is 2.60. The van der Waals surface area contributed by atoms with Crippen molar-refractivity contribution in [2.45, 2.75) is 13.1 Å². The third-order valence-electron chi connectivity index (χ3n) is 3.63. The lowest BCUT2D eigenvalue weighted by molar-refractivity contribution is 0.508. The molecule has 0 fully saturated rings. The van der Waals surface area contributed by atoms with E-state index in [1.54, 1.807) is 0 Å². The molecule has 20 heavy (non-hydrogen) atoms. The molecule has 1 aliphatic heterocycles. The van der Waals surface area contributed by atoms with Gasteiger partial charge < -0.3 is 9.88 Å². The molecule has 0 amide bonds. The fraction of sp³-hybridized carbons (Fsp3) is 0.200. The summed E-state index contributed by atoms with van der Waals surface area (Å²) < 4.78 is 4.17. The second kappa shape index (κ2) is 4.61. The van der Waals surface area contributed by atoms with E-state index < -0.39 is 0 Å². The average molecular weight is 265 g/mol. The molecule has 0 atom stereocenters. The van der Waals surface area contributed by atoms with Crippen LogP contribution in [0.4, 0.5) is 0 Å². The highest BCUT2D eigenvalue weighted by Gasteiger charge is 2.15. The van der Waals surface area contributed by atoms with Gasteiger partial charge in [0, 0.05) is 24.8 Å². The van der Waals surface area contributed by atoms with Crippen molar-refractivity contribution in [2.75, 3.05) is 6.54 Å². The average Bonchev–Trinajstić information content (AvgIpc) is 3.14. The Bertz CT molecular complexity index is 726. The van der Waals surface area contributed by atoms with Gasteiger partial charge in [0.2, 0.25) is 0 Å². The van der Waals surface area contributed by atoms with Crippen LogP contribution in [0.15, 0.2) is 48.9 Å². The molecule has 0 saturated heterocycles. The maximum absolute atomic E-state index is 4.48. The van der Waals surface area contributed by atoms with Crippen LogP contribution in [0.3, 0.4) is 0 Å². The van der Waals surface area contributed by atoms with Crippen LogP contribution in [0.25, 0.3) is 16.9 Å². The summed E-state index contributed by atoms with van der Waals surface area (Å²) >= 11 is 0. The standard InChI is InChI=1S/C15H15N5/c1-2-4-13(5-3-1)20-11-12(8-18-20)14-9-17-15-10-16-6-7-19(14)15/h1-5,8-9,11,16H,6-7,10H2. The number of benzene rings is 1.